The molecule has 1 aromatic carbocycles. The van der Waals surface area contributed by atoms with Gasteiger partial charge in [-0.15, -0.1) is 0 Å². The molecular weight excluding hydrogens is 259 g/mol. The monoisotopic (exact) mass is 267 g/mol. The van der Waals surface area contributed by atoms with Crippen LogP contribution in [0, 0.1) is 11.3 Å². The molecular formula is C12H8F3N3O. The van der Waals surface area contributed by atoms with Crippen LogP contribution in [0.5, 0.6) is 0 Å². The Morgan fingerprint density at radius 3 is 2.53 bits per heavy atom. The summed E-state index contributed by atoms with van der Waals surface area (Å²) in [5.74, 6) is -0.205. The number of anilines is 1. The number of nitrogens with one attached hydrogen (secondary N) is 1. The highest BCUT2D eigenvalue weighted by molar-refractivity contribution is 5.63. The molecule has 0 spiro atoms. The van der Waals surface area contributed by atoms with Crippen LogP contribution in [0.2, 0.25) is 0 Å². The third-order valence-corrected chi connectivity index (χ3v) is 2.42. The fourth-order valence-corrected chi connectivity index (χ4v) is 1.60. The summed E-state index contributed by atoms with van der Waals surface area (Å²) in [5, 5.41) is 11.4. The minimum absolute atomic E-state index is 0.0366. The Morgan fingerprint density at radius 2 is 2.00 bits per heavy atom. The zero-order valence-electron chi connectivity index (χ0n) is 9.75. The minimum atomic E-state index is -4.52. The highest BCUT2D eigenvalue weighted by Gasteiger charge is 2.34. The Hall–Kier alpha value is -2.49. The van der Waals surface area contributed by atoms with Crippen LogP contribution in [0.3, 0.4) is 0 Å². The predicted molar refractivity (Wildman–Crippen MR) is 61.2 cm³/mol. The van der Waals surface area contributed by atoms with Gasteiger partial charge in [0.15, 0.2) is 0 Å². The summed E-state index contributed by atoms with van der Waals surface area (Å²) in [6.45, 7) is 0. The van der Waals surface area contributed by atoms with Crippen LogP contribution in [0.15, 0.2) is 28.7 Å². The molecule has 0 aliphatic carbocycles. The maximum atomic E-state index is 12.9. The molecule has 19 heavy (non-hydrogen) atoms. The number of rotatable bonds is 2. The van der Waals surface area contributed by atoms with Gasteiger partial charge in [-0.25, -0.2) is 0 Å². The molecule has 0 aliphatic heterocycles. The van der Waals surface area contributed by atoms with E-state index in [1.165, 1.54) is 25.2 Å². The topological polar surface area (TPSA) is 61.9 Å². The largest absolute Gasteiger partial charge is 0.419 e. The van der Waals surface area contributed by atoms with Crippen molar-refractivity contribution in [3.8, 4) is 17.5 Å². The van der Waals surface area contributed by atoms with Crippen molar-refractivity contribution in [3.05, 3.63) is 35.5 Å². The lowest BCUT2D eigenvalue weighted by atomic mass is 10.1. The summed E-state index contributed by atoms with van der Waals surface area (Å²) in [5.41, 5.74) is -1.15. The van der Waals surface area contributed by atoms with Crippen molar-refractivity contribution in [2.45, 2.75) is 6.18 Å². The first-order valence-electron chi connectivity index (χ1n) is 5.22. The second kappa shape index (κ2) is 4.65. The molecule has 98 valence electrons. The predicted octanol–water partition coefficient (Wildman–Crippen LogP) is 3.27. The molecule has 2 rings (SSSR count). The number of nitriles is 1. The molecule has 1 aromatic heterocycles. The quantitative estimate of drug-likeness (QED) is 0.907. The van der Waals surface area contributed by atoms with Crippen LogP contribution in [0.1, 0.15) is 11.3 Å². The molecule has 0 saturated carbocycles. The van der Waals surface area contributed by atoms with Gasteiger partial charge in [0.2, 0.25) is 17.5 Å². The lowest BCUT2D eigenvalue weighted by molar-refractivity contribution is -0.137. The van der Waals surface area contributed by atoms with Crippen LogP contribution >= 0.6 is 0 Å². The number of benzene rings is 1. The van der Waals surface area contributed by atoms with Crippen LogP contribution < -0.4 is 5.32 Å². The van der Waals surface area contributed by atoms with E-state index in [9.17, 15) is 13.2 Å². The maximum Gasteiger partial charge on any atom is 0.417 e. The van der Waals surface area contributed by atoms with Gasteiger partial charge in [0, 0.05) is 12.6 Å². The standard InChI is InChI=1S/C12H8F3N3O/c1-17-11-9(6-16)18-10(19-11)7-4-2-3-5-8(7)12(13,14)15/h2-5,17H,1H3. The van der Waals surface area contributed by atoms with E-state index in [-0.39, 0.29) is 23.0 Å². The molecule has 0 amide bonds. The zero-order valence-corrected chi connectivity index (χ0v) is 9.75. The van der Waals surface area contributed by atoms with Gasteiger partial charge in [0.05, 0.1) is 5.56 Å². The Kier molecular flexibility index (Phi) is 3.17. The van der Waals surface area contributed by atoms with Crippen molar-refractivity contribution in [1.82, 2.24) is 4.98 Å². The van der Waals surface area contributed by atoms with E-state index in [2.05, 4.69) is 10.3 Å². The molecule has 0 bridgehead atoms. The van der Waals surface area contributed by atoms with Gasteiger partial charge in [-0.3, -0.25) is 0 Å². The van der Waals surface area contributed by atoms with E-state index in [1.54, 1.807) is 6.07 Å². The summed E-state index contributed by atoms with van der Waals surface area (Å²) < 4.78 is 43.7. The van der Waals surface area contributed by atoms with Crippen LogP contribution in [0.25, 0.3) is 11.5 Å². The number of hydrogen-bond donors (Lipinski definition) is 1. The zero-order chi connectivity index (χ0) is 14.0. The van der Waals surface area contributed by atoms with Gasteiger partial charge in [-0.1, -0.05) is 12.1 Å². The van der Waals surface area contributed by atoms with Crippen molar-refractivity contribution in [2.24, 2.45) is 0 Å². The molecule has 1 N–H and O–H groups in total. The van der Waals surface area contributed by atoms with Gasteiger partial charge in [0.1, 0.15) is 6.07 Å². The minimum Gasteiger partial charge on any atom is -0.419 e. The summed E-state index contributed by atoms with van der Waals surface area (Å²) in [6.07, 6.45) is -4.52. The summed E-state index contributed by atoms with van der Waals surface area (Å²) in [7, 11) is 1.49. The summed E-state index contributed by atoms with van der Waals surface area (Å²) in [6, 6.07) is 6.65. The number of oxazole rings is 1. The average molecular weight is 267 g/mol. The van der Waals surface area contributed by atoms with E-state index < -0.39 is 11.7 Å². The molecule has 0 aliphatic rings. The lowest BCUT2D eigenvalue weighted by Crippen LogP contribution is -2.06. The molecule has 0 unspecified atom stereocenters. The Labute approximate surface area is 106 Å². The second-order valence-corrected chi connectivity index (χ2v) is 3.60. The van der Waals surface area contributed by atoms with Crippen molar-refractivity contribution >= 4 is 5.88 Å². The molecule has 7 heteroatoms. The summed E-state index contributed by atoms with van der Waals surface area (Å²) >= 11 is 0. The van der Waals surface area contributed by atoms with Gasteiger partial charge >= 0.3 is 6.18 Å². The molecule has 0 atom stereocenters. The van der Waals surface area contributed by atoms with Crippen molar-refractivity contribution in [3.63, 3.8) is 0 Å². The van der Waals surface area contributed by atoms with Crippen molar-refractivity contribution in [2.75, 3.05) is 12.4 Å². The SMILES string of the molecule is CNc1oc(-c2ccccc2C(F)(F)F)nc1C#N. The van der Waals surface area contributed by atoms with Gasteiger partial charge < -0.3 is 9.73 Å². The second-order valence-electron chi connectivity index (χ2n) is 3.60. The average Bonchev–Trinajstić information content (AvgIpc) is 2.81. The first-order chi connectivity index (χ1) is 8.97. The van der Waals surface area contributed by atoms with E-state index >= 15 is 0 Å². The third kappa shape index (κ3) is 2.38. The highest BCUT2D eigenvalue weighted by atomic mass is 19.4. The van der Waals surface area contributed by atoms with Crippen molar-refractivity contribution in [1.29, 1.82) is 5.26 Å². The fraction of sp³-hybridized carbons (Fsp3) is 0.167. The molecule has 0 fully saturated rings. The van der Waals surface area contributed by atoms with Gasteiger partial charge in [0.25, 0.3) is 0 Å². The molecule has 4 nitrogen and oxygen atoms in total. The van der Waals surface area contributed by atoms with Gasteiger partial charge in [-0.2, -0.15) is 23.4 Å². The molecule has 2 aromatic rings. The highest BCUT2D eigenvalue weighted by Crippen LogP contribution is 2.37. The van der Waals surface area contributed by atoms with E-state index in [0.29, 0.717) is 0 Å². The maximum absolute atomic E-state index is 12.9. The van der Waals surface area contributed by atoms with Gasteiger partial charge in [-0.05, 0) is 12.1 Å². The van der Waals surface area contributed by atoms with Crippen LogP contribution in [-0.4, -0.2) is 12.0 Å². The van der Waals surface area contributed by atoms with Crippen LogP contribution in [-0.2, 0) is 6.18 Å². The van der Waals surface area contributed by atoms with Crippen LogP contribution in [0.4, 0.5) is 19.1 Å². The Bertz CT molecular complexity index is 640. The first-order valence-corrected chi connectivity index (χ1v) is 5.22. The smallest absolute Gasteiger partial charge is 0.417 e. The van der Waals surface area contributed by atoms with Crippen molar-refractivity contribution < 1.29 is 17.6 Å². The number of aromatic nitrogens is 1. The van der Waals surface area contributed by atoms with E-state index in [0.717, 1.165) is 6.07 Å². The number of nitrogens with zero attached hydrogens (tertiary/aromatic N) is 2. The number of halogens is 3. The Balaban J connectivity index is 2.60. The lowest BCUT2D eigenvalue weighted by Gasteiger charge is -2.09. The first kappa shape index (κ1) is 13.0. The molecule has 1 heterocycles. The summed E-state index contributed by atoms with van der Waals surface area (Å²) in [4.78, 5) is 3.75. The fourth-order valence-electron chi connectivity index (χ4n) is 1.60. The van der Waals surface area contributed by atoms with E-state index in [4.69, 9.17) is 9.68 Å². The van der Waals surface area contributed by atoms with E-state index in [1.807, 2.05) is 0 Å². The molecule has 0 saturated heterocycles. The normalized spacial score (nSPS) is 11.1. The number of hydrogen-bond acceptors (Lipinski definition) is 4. The molecule has 0 radical (unpaired) electrons. The Morgan fingerprint density at radius 1 is 1.32 bits per heavy atom. The number of alkyl halides is 3. The third-order valence-electron chi connectivity index (χ3n) is 2.42.